The molecule has 0 aliphatic carbocycles. The molecule has 0 spiro atoms. The van der Waals surface area contributed by atoms with Gasteiger partial charge in [-0.2, -0.15) is 5.26 Å². The van der Waals surface area contributed by atoms with Crippen molar-refractivity contribution >= 4 is 0 Å². The fraction of sp³-hybridized carbons (Fsp3) is 0.333. The molecule has 0 fully saturated rings. The Balaban J connectivity index is 3.37. The normalized spacial score (nSPS) is 10.3. The highest BCUT2D eigenvalue weighted by atomic mass is 19.3. The maximum atomic E-state index is 12.5. The second-order valence-corrected chi connectivity index (χ2v) is 2.73. The summed E-state index contributed by atoms with van der Waals surface area (Å²) in [6.45, 7) is 1.05. The fourth-order valence-electron chi connectivity index (χ4n) is 1.16. The third kappa shape index (κ3) is 1.86. The lowest BCUT2D eigenvalue weighted by atomic mass is 10.1. The molecule has 1 N–H and O–H groups in total. The molecule has 0 atom stereocenters. The van der Waals surface area contributed by atoms with Gasteiger partial charge in [-0.05, 0) is 13.0 Å². The van der Waals surface area contributed by atoms with Gasteiger partial charge in [0.05, 0.1) is 23.6 Å². The molecule has 0 aliphatic heterocycles. The quantitative estimate of drug-likeness (QED) is 0.786. The second kappa shape index (κ2) is 4.11. The number of nitriles is 1. The highest BCUT2D eigenvalue weighted by Crippen LogP contribution is 2.24. The zero-order valence-corrected chi connectivity index (χ0v) is 7.46. The molecule has 1 heterocycles. The van der Waals surface area contributed by atoms with E-state index in [1.807, 2.05) is 0 Å². The Bertz CT molecular complexity index is 385. The number of halogens is 2. The van der Waals surface area contributed by atoms with Crippen LogP contribution in [-0.4, -0.2) is 10.1 Å². The van der Waals surface area contributed by atoms with E-state index in [2.05, 4.69) is 4.98 Å². The van der Waals surface area contributed by atoms with E-state index in [0.29, 0.717) is 0 Å². The monoisotopic (exact) mass is 198 g/mol. The first-order valence-corrected chi connectivity index (χ1v) is 3.89. The second-order valence-electron chi connectivity index (χ2n) is 2.73. The molecule has 0 aliphatic rings. The number of aryl methyl sites for hydroxylation is 1. The minimum Gasteiger partial charge on any atom is -0.390 e. The molecule has 0 unspecified atom stereocenters. The summed E-state index contributed by atoms with van der Waals surface area (Å²) >= 11 is 0. The lowest BCUT2D eigenvalue weighted by Crippen LogP contribution is -2.01. The van der Waals surface area contributed by atoms with E-state index in [-0.39, 0.29) is 22.5 Å². The molecule has 0 saturated carbocycles. The fourth-order valence-corrected chi connectivity index (χ4v) is 1.16. The highest BCUT2D eigenvalue weighted by Gasteiger charge is 2.16. The van der Waals surface area contributed by atoms with Crippen molar-refractivity contribution in [2.75, 3.05) is 0 Å². The van der Waals surface area contributed by atoms with Crippen molar-refractivity contribution in [2.24, 2.45) is 0 Å². The van der Waals surface area contributed by atoms with Gasteiger partial charge >= 0.3 is 0 Å². The van der Waals surface area contributed by atoms with E-state index in [0.717, 1.165) is 6.07 Å². The average Bonchev–Trinajstić information content (AvgIpc) is 2.16. The van der Waals surface area contributed by atoms with E-state index in [9.17, 15) is 8.78 Å². The van der Waals surface area contributed by atoms with Crippen LogP contribution in [0.5, 0.6) is 0 Å². The lowest BCUT2D eigenvalue weighted by molar-refractivity contribution is 0.150. The van der Waals surface area contributed by atoms with Crippen molar-refractivity contribution in [1.29, 1.82) is 5.26 Å². The van der Waals surface area contributed by atoms with Crippen molar-refractivity contribution in [1.82, 2.24) is 4.98 Å². The van der Waals surface area contributed by atoms with Crippen LogP contribution in [0.25, 0.3) is 0 Å². The molecular weight excluding hydrogens is 190 g/mol. The molecule has 0 amide bonds. The molecule has 0 bridgehead atoms. The van der Waals surface area contributed by atoms with Gasteiger partial charge in [0, 0.05) is 5.56 Å². The van der Waals surface area contributed by atoms with E-state index in [4.69, 9.17) is 10.4 Å². The largest absolute Gasteiger partial charge is 0.390 e. The van der Waals surface area contributed by atoms with Gasteiger partial charge in [0.25, 0.3) is 6.43 Å². The smallest absolute Gasteiger partial charge is 0.265 e. The van der Waals surface area contributed by atoms with Crippen LogP contribution in [0.3, 0.4) is 0 Å². The Hall–Kier alpha value is -1.54. The summed E-state index contributed by atoms with van der Waals surface area (Å²) in [5.74, 6) is 0. The van der Waals surface area contributed by atoms with Gasteiger partial charge in [0.15, 0.2) is 0 Å². The number of aromatic nitrogens is 1. The van der Waals surface area contributed by atoms with Crippen LogP contribution < -0.4 is 0 Å². The molecule has 74 valence electrons. The summed E-state index contributed by atoms with van der Waals surface area (Å²) in [5, 5.41) is 17.4. The number of nitrogens with zero attached hydrogens (tertiary/aromatic N) is 2. The van der Waals surface area contributed by atoms with E-state index in [1.54, 1.807) is 6.07 Å². The molecular formula is C9H8F2N2O. The van der Waals surface area contributed by atoms with Gasteiger partial charge in [-0.3, -0.25) is 4.98 Å². The van der Waals surface area contributed by atoms with Crippen LogP contribution in [0.2, 0.25) is 0 Å². The minimum atomic E-state index is -2.73. The van der Waals surface area contributed by atoms with E-state index < -0.39 is 13.0 Å². The predicted molar refractivity (Wildman–Crippen MR) is 44.6 cm³/mol. The zero-order chi connectivity index (χ0) is 10.7. The van der Waals surface area contributed by atoms with Gasteiger partial charge < -0.3 is 5.11 Å². The molecule has 14 heavy (non-hydrogen) atoms. The first kappa shape index (κ1) is 10.5. The molecule has 5 heteroatoms. The van der Waals surface area contributed by atoms with Crippen molar-refractivity contribution in [3.63, 3.8) is 0 Å². The summed E-state index contributed by atoms with van der Waals surface area (Å²) in [5.41, 5.74) is -0.118. The number of pyridine rings is 1. The Morgan fingerprint density at radius 1 is 1.64 bits per heavy atom. The molecule has 0 radical (unpaired) electrons. The van der Waals surface area contributed by atoms with Crippen LogP contribution in [-0.2, 0) is 6.61 Å². The molecule has 1 rings (SSSR count). The number of rotatable bonds is 2. The Labute approximate surface area is 79.6 Å². The number of aliphatic hydroxyl groups is 1. The number of alkyl halides is 2. The molecule has 3 nitrogen and oxygen atoms in total. The third-order valence-corrected chi connectivity index (χ3v) is 1.79. The maximum Gasteiger partial charge on any atom is 0.265 e. The average molecular weight is 198 g/mol. The molecule has 1 aromatic rings. The van der Waals surface area contributed by atoms with E-state index >= 15 is 0 Å². The van der Waals surface area contributed by atoms with Gasteiger partial charge in [0.1, 0.15) is 6.07 Å². The summed E-state index contributed by atoms with van der Waals surface area (Å²) in [6, 6.07) is 2.72. The standard InChI is InChI=1S/C9H8F2N2O/c1-5-8(3-12)7(9(10)11)2-6(4-14)13-5/h2,9,14H,4H2,1H3. The van der Waals surface area contributed by atoms with Gasteiger partial charge in [-0.15, -0.1) is 0 Å². The molecule has 0 aromatic carbocycles. The summed E-state index contributed by atoms with van der Waals surface area (Å²) in [4.78, 5) is 3.80. The van der Waals surface area contributed by atoms with Gasteiger partial charge in [-0.25, -0.2) is 8.78 Å². The summed E-state index contributed by atoms with van der Waals surface area (Å²) in [6.07, 6.45) is -2.73. The topological polar surface area (TPSA) is 56.9 Å². The summed E-state index contributed by atoms with van der Waals surface area (Å²) in [7, 11) is 0. The Morgan fingerprint density at radius 3 is 2.71 bits per heavy atom. The van der Waals surface area contributed by atoms with Crippen LogP contribution in [0.4, 0.5) is 8.78 Å². The first-order chi connectivity index (χ1) is 6.60. The highest BCUT2D eigenvalue weighted by molar-refractivity contribution is 5.42. The van der Waals surface area contributed by atoms with Crippen molar-refractivity contribution < 1.29 is 13.9 Å². The number of aliphatic hydroxyl groups excluding tert-OH is 1. The Kier molecular flexibility index (Phi) is 3.10. The predicted octanol–water partition coefficient (Wildman–Crippen LogP) is 1.69. The zero-order valence-electron chi connectivity index (χ0n) is 7.46. The van der Waals surface area contributed by atoms with Gasteiger partial charge in [0.2, 0.25) is 0 Å². The SMILES string of the molecule is Cc1nc(CO)cc(C(F)F)c1C#N. The molecule has 1 aromatic heterocycles. The van der Waals surface area contributed by atoms with Gasteiger partial charge in [-0.1, -0.05) is 0 Å². The number of hydrogen-bond acceptors (Lipinski definition) is 3. The Morgan fingerprint density at radius 2 is 2.29 bits per heavy atom. The van der Waals surface area contributed by atoms with E-state index in [1.165, 1.54) is 6.92 Å². The lowest BCUT2D eigenvalue weighted by Gasteiger charge is -2.07. The van der Waals surface area contributed by atoms with Crippen molar-refractivity contribution in [2.45, 2.75) is 20.0 Å². The van der Waals surface area contributed by atoms with Crippen LogP contribution in [0.15, 0.2) is 6.07 Å². The third-order valence-electron chi connectivity index (χ3n) is 1.79. The van der Waals surface area contributed by atoms with Crippen LogP contribution in [0.1, 0.15) is 28.9 Å². The maximum absolute atomic E-state index is 12.5. The van der Waals surface area contributed by atoms with Crippen LogP contribution >= 0.6 is 0 Å². The number of hydrogen-bond donors (Lipinski definition) is 1. The van der Waals surface area contributed by atoms with Crippen LogP contribution in [0, 0.1) is 18.3 Å². The van der Waals surface area contributed by atoms with Crippen molar-refractivity contribution in [3.8, 4) is 6.07 Å². The minimum absolute atomic E-state index is 0.114. The first-order valence-electron chi connectivity index (χ1n) is 3.89. The molecule has 0 saturated heterocycles. The summed E-state index contributed by atoms with van der Waals surface area (Å²) < 4.78 is 24.9. The van der Waals surface area contributed by atoms with Crippen molar-refractivity contribution in [3.05, 3.63) is 28.6 Å².